The van der Waals surface area contributed by atoms with Crippen molar-refractivity contribution in [1.82, 2.24) is 4.90 Å². The highest BCUT2D eigenvalue weighted by atomic mass is 19.1. The van der Waals surface area contributed by atoms with Gasteiger partial charge in [-0.1, -0.05) is 0 Å². The molecule has 0 spiro atoms. The van der Waals surface area contributed by atoms with Crippen molar-refractivity contribution in [3.05, 3.63) is 29.6 Å². The molecular formula is C17H20FNO5. The number of carbonyl (C=O) groups excluding carboxylic acids is 1. The molecule has 1 atom stereocenters. The summed E-state index contributed by atoms with van der Waals surface area (Å²) in [6.07, 6.45) is 0.827. The smallest absolute Gasteiger partial charge is 0.305 e. The van der Waals surface area contributed by atoms with Gasteiger partial charge in [0.15, 0.2) is 6.10 Å². The van der Waals surface area contributed by atoms with Gasteiger partial charge in [-0.25, -0.2) is 4.39 Å². The van der Waals surface area contributed by atoms with Crippen LogP contribution in [0.2, 0.25) is 0 Å². The number of aliphatic carboxylic acids is 1. The molecule has 130 valence electrons. The molecule has 1 amide bonds. The van der Waals surface area contributed by atoms with Gasteiger partial charge in [-0.2, -0.15) is 0 Å². The van der Waals surface area contributed by atoms with Crippen LogP contribution in [0.3, 0.4) is 0 Å². The molecule has 24 heavy (non-hydrogen) atoms. The first kappa shape index (κ1) is 16.7. The predicted octanol–water partition coefficient (Wildman–Crippen LogP) is 1.61. The van der Waals surface area contributed by atoms with Crippen LogP contribution >= 0.6 is 0 Å². The fourth-order valence-electron chi connectivity index (χ4n) is 3.23. The molecule has 2 aliphatic heterocycles. The van der Waals surface area contributed by atoms with Crippen molar-refractivity contribution >= 4 is 11.9 Å². The van der Waals surface area contributed by atoms with Crippen molar-refractivity contribution in [3.8, 4) is 5.75 Å². The van der Waals surface area contributed by atoms with Crippen molar-refractivity contribution in [1.29, 1.82) is 0 Å². The van der Waals surface area contributed by atoms with Crippen molar-refractivity contribution < 1.29 is 28.6 Å². The summed E-state index contributed by atoms with van der Waals surface area (Å²) < 4.78 is 24.3. The number of benzene rings is 1. The Balaban J connectivity index is 1.72. The molecule has 6 nitrogen and oxygen atoms in total. The molecule has 0 saturated carbocycles. The van der Waals surface area contributed by atoms with Gasteiger partial charge in [0.05, 0.1) is 6.42 Å². The molecule has 1 aromatic carbocycles. The molecular weight excluding hydrogens is 317 g/mol. The van der Waals surface area contributed by atoms with Gasteiger partial charge in [-0.05, 0) is 31.0 Å². The standard InChI is InChI=1S/C17H20FNO5/c18-12-1-2-14-11(9-12)10-15(24-14)17(22)19(6-3-16(20)21)13-4-7-23-8-5-13/h1-2,9,13,15H,3-8,10H2,(H,20,21)/t15-/m1/s1. The Morgan fingerprint density at radius 2 is 2.04 bits per heavy atom. The van der Waals surface area contributed by atoms with Gasteiger partial charge >= 0.3 is 5.97 Å². The number of carbonyl (C=O) groups is 2. The van der Waals surface area contributed by atoms with Crippen LogP contribution in [0, 0.1) is 5.82 Å². The van der Waals surface area contributed by atoms with Gasteiger partial charge < -0.3 is 19.5 Å². The topological polar surface area (TPSA) is 76.1 Å². The van der Waals surface area contributed by atoms with Gasteiger partial charge in [0.1, 0.15) is 11.6 Å². The molecule has 1 fully saturated rings. The average molecular weight is 337 g/mol. The van der Waals surface area contributed by atoms with Crippen molar-refractivity contribution in [2.45, 2.75) is 37.8 Å². The first-order valence-corrected chi connectivity index (χ1v) is 8.09. The highest BCUT2D eigenvalue weighted by Gasteiger charge is 2.36. The van der Waals surface area contributed by atoms with E-state index >= 15 is 0 Å². The summed E-state index contributed by atoms with van der Waals surface area (Å²) in [7, 11) is 0. The van der Waals surface area contributed by atoms with E-state index < -0.39 is 12.1 Å². The van der Waals surface area contributed by atoms with E-state index in [1.165, 1.54) is 18.2 Å². The normalized spacial score (nSPS) is 20.3. The zero-order valence-electron chi connectivity index (χ0n) is 13.2. The minimum atomic E-state index is -0.947. The van der Waals surface area contributed by atoms with E-state index in [-0.39, 0.29) is 30.7 Å². The first-order valence-electron chi connectivity index (χ1n) is 8.09. The van der Waals surface area contributed by atoms with Crippen LogP contribution < -0.4 is 4.74 Å². The second-order valence-corrected chi connectivity index (χ2v) is 6.08. The number of carboxylic acids is 1. The van der Waals surface area contributed by atoms with E-state index in [2.05, 4.69) is 0 Å². The number of hydrogen-bond donors (Lipinski definition) is 1. The number of fused-ring (bicyclic) bond motifs is 1. The second-order valence-electron chi connectivity index (χ2n) is 6.08. The molecule has 0 aliphatic carbocycles. The summed E-state index contributed by atoms with van der Waals surface area (Å²) in [5.41, 5.74) is 0.665. The summed E-state index contributed by atoms with van der Waals surface area (Å²) in [5, 5.41) is 8.94. The third-order valence-corrected chi connectivity index (χ3v) is 4.45. The number of carboxylic acid groups (broad SMARTS) is 1. The number of nitrogens with zero attached hydrogens (tertiary/aromatic N) is 1. The third-order valence-electron chi connectivity index (χ3n) is 4.45. The fourth-order valence-corrected chi connectivity index (χ4v) is 3.23. The van der Waals surface area contributed by atoms with Crippen LogP contribution in [0.5, 0.6) is 5.75 Å². The number of amides is 1. The maximum absolute atomic E-state index is 13.3. The quantitative estimate of drug-likeness (QED) is 0.883. The summed E-state index contributed by atoms with van der Waals surface area (Å²) >= 11 is 0. The van der Waals surface area contributed by atoms with Crippen LogP contribution in [0.1, 0.15) is 24.8 Å². The summed E-state index contributed by atoms with van der Waals surface area (Å²) in [6.45, 7) is 1.25. The maximum atomic E-state index is 13.3. The number of halogens is 1. The summed E-state index contributed by atoms with van der Waals surface area (Å²) in [4.78, 5) is 25.4. The Morgan fingerprint density at radius 1 is 1.29 bits per heavy atom. The van der Waals surface area contributed by atoms with Crippen LogP contribution in [-0.2, 0) is 20.7 Å². The zero-order chi connectivity index (χ0) is 17.1. The predicted molar refractivity (Wildman–Crippen MR) is 82.3 cm³/mol. The molecule has 1 saturated heterocycles. The lowest BCUT2D eigenvalue weighted by Gasteiger charge is -2.35. The first-order chi connectivity index (χ1) is 11.5. The maximum Gasteiger partial charge on any atom is 0.305 e. The zero-order valence-corrected chi connectivity index (χ0v) is 13.2. The van der Waals surface area contributed by atoms with Gasteiger partial charge in [0.2, 0.25) is 0 Å². The molecule has 1 aromatic rings. The lowest BCUT2D eigenvalue weighted by molar-refractivity contribution is -0.144. The Bertz CT molecular complexity index is 629. The van der Waals surface area contributed by atoms with E-state index in [1.54, 1.807) is 4.90 Å². The van der Waals surface area contributed by atoms with E-state index in [4.69, 9.17) is 14.6 Å². The van der Waals surface area contributed by atoms with E-state index in [9.17, 15) is 14.0 Å². The average Bonchev–Trinajstić information content (AvgIpc) is 2.98. The van der Waals surface area contributed by atoms with Gasteiger partial charge in [-0.3, -0.25) is 9.59 Å². The van der Waals surface area contributed by atoms with Crippen molar-refractivity contribution in [2.75, 3.05) is 19.8 Å². The van der Waals surface area contributed by atoms with Gasteiger partial charge in [-0.15, -0.1) is 0 Å². The Labute approximate surface area is 139 Å². The van der Waals surface area contributed by atoms with E-state index in [0.717, 1.165) is 0 Å². The number of hydrogen-bond acceptors (Lipinski definition) is 4. The number of ether oxygens (including phenoxy) is 2. The number of rotatable bonds is 5. The minimum Gasteiger partial charge on any atom is -0.481 e. The largest absolute Gasteiger partial charge is 0.481 e. The lowest BCUT2D eigenvalue weighted by Crippen LogP contribution is -2.49. The van der Waals surface area contributed by atoms with Crippen LogP contribution in [0.4, 0.5) is 4.39 Å². The fraction of sp³-hybridized carbons (Fsp3) is 0.529. The summed E-state index contributed by atoms with van der Waals surface area (Å²) in [5.74, 6) is -1.03. The molecule has 0 radical (unpaired) electrons. The van der Waals surface area contributed by atoms with E-state index in [1.807, 2.05) is 0 Å². The highest BCUT2D eigenvalue weighted by Crippen LogP contribution is 2.31. The molecule has 0 aromatic heterocycles. The molecule has 2 aliphatic rings. The van der Waals surface area contributed by atoms with Crippen LogP contribution in [0.15, 0.2) is 18.2 Å². The molecule has 2 heterocycles. The van der Waals surface area contributed by atoms with E-state index in [0.29, 0.717) is 43.8 Å². The van der Waals surface area contributed by atoms with Crippen molar-refractivity contribution in [2.24, 2.45) is 0 Å². The Hall–Kier alpha value is -2.15. The SMILES string of the molecule is O=C(O)CCN(C(=O)[C@H]1Cc2cc(F)ccc2O1)C1CCOCC1. The van der Waals surface area contributed by atoms with Crippen LogP contribution in [0.25, 0.3) is 0 Å². The molecule has 0 bridgehead atoms. The molecule has 0 unspecified atom stereocenters. The third kappa shape index (κ3) is 3.67. The Kier molecular flexibility index (Phi) is 4.99. The van der Waals surface area contributed by atoms with Gasteiger partial charge in [0, 0.05) is 37.8 Å². The molecule has 3 rings (SSSR count). The second kappa shape index (κ2) is 7.17. The monoisotopic (exact) mass is 337 g/mol. The highest BCUT2D eigenvalue weighted by molar-refractivity contribution is 5.83. The van der Waals surface area contributed by atoms with Crippen molar-refractivity contribution in [3.63, 3.8) is 0 Å². The summed E-state index contributed by atoms with van der Waals surface area (Å²) in [6, 6.07) is 4.15. The molecule has 1 N–H and O–H groups in total. The van der Waals surface area contributed by atoms with Gasteiger partial charge in [0.25, 0.3) is 5.91 Å². The lowest BCUT2D eigenvalue weighted by atomic mass is 10.0. The Morgan fingerprint density at radius 3 is 2.75 bits per heavy atom. The molecule has 7 heteroatoms. The van der Waals surface area contributed by atoms with Crippen LogP contribution in [-0.4, -0.2) is 53.8 Å². The minimum absolute atomic E-state index is 0.0466.